The Morgan fingerprint density at radius 1 is 1.00 bits per heavy atom. The number of anilines is 1. The van der Waals surface area contributed by atoms with E-state index in [2.05, 4.69) is 26.0 Å². The van der Waals surface area contributed by atoms with Crippen LogP contribution in [0.4, 0.5) is 5.69 Å². The van der Waals surface area contributed by atoms with Gasteiger partial charge in [-0.05, 0) is 69.3 Å². The fourth-order valence-corrected chi connectivity index (χ4v) is 3.41. The summed E-state index contributed by atoms with van der Waals surface area (Å²) < 4.78 is 33.8. The molecule has 0 saturated carbocycles. The highest BCUT2D eigenvalue weighted by molar-refractivity contribution is 9.10. The van der Waals surface area contributed by atoms with Gasteiger partial charge in [-0.3, -0.25) is 9.52 Å². The standard InChI is InChI=1S/C18H21BrN2O4S/c1-12(2)20-18(22)13(3)25-16-8-10-17(11-9-16)26(23,24)21-15-6-4-14(19)5-7-15/h4-13,21H,1-3H3,(H,20,22)/t13-/m1/s1. The molecule has 0 aliphatic carbocycles. The number of rotatable bonds is 7. The van der Waals surface area contributed by atoms with Gasteiger partial charge in [-0.2, -0.15) is 0 Å². The highest BCUT2D eigenvalue weighted by Crippen LogP contribution is 2.21. The average molecular weight is 441 g/mol. The van der Waals surface area contributed by atoms with Crippen molar-refractivity contribution in [3.05, 3.63) is 53.0 Å². The van der Waals surface area contributed by atoms with Crippen molar-refractivity contribution in [2.24, 2.45) is 0 Å². The quantitative estimate of drug-likeness (QED) is 0.689. The van der Waals surface area contributed by atoms with E-state index in [0.29, 0.717) is 11.4 Å². The van der Waals surface area contributed by atoms with Crippen molar-refractivity contribution < 1.29 is 17.9 Å². The van der Waals surface area contributed by atoms with Crippen LogP contribution in [0.1, 0.15) is 20.8 Å². The van der Waals surface area contributed by atoms with Gasteiger partial charge in [0.25, 0.3) is 15.9 Å². The SMILES string of the molecule is CC(C)NC(=O)[C@@H](C)Oc1ccc(S(=O)(=O)Nc2ccc(Br)cc2)cc1. The number of ether oxygens (including phenoxy) is 1. The number of carbonyl (C=O) groups excluding carboxylic acids is 1. The topological polar surface area (TPSA) is 84.5 Å². The Morgan fingerprint density at radius 3 is 2.12 bits per heavy atom. The maximum Gasteiger partial charge on any atom is 0.261 e. The number of benzene rings is 2. The number of hydrogen-bond donors (Lipinski definition) is 2. The Kier molecular flexibility index (Phi) is 6.66. The predicted octanol–water partition coefficient (Wildman–Crippen LogP) is 3.54. The van der Waals surface area contributed by atoms with Crippen LogP contribution in [-0.4, -0.2) is 26.5 Å². The predicted molar refractivity (Wildman–Crippen MR) is 105 cm³/mol. The number of carbonyl (C=O) groups is 1. The van der Waals surface area contributed by atoms with Crippen LogP contribution >= 0.6 is 15.9 Å². The van der Waals surface area contributed by atoms with E-state index in [9.17, 15) is 13.2 Å². The van der Waals surface area contributed by atoms with E-state index in [1.807, 2.05) is 13.8 Å². The van der Waals surface area contributed by atoms with E-state index < -0.39 is 16.1 Å². The summed E-state index contributed by atoms with van der Waals surface area (Å²) in [4.78, 5) is 12.0. The molecule has 0 fully saturated rings. The van der Waals surface area contributed by atoms with Gasteiger partial charge >= 0.3 is 0 Å². The molecule has 2 N–H and O–H groups in total. The number of amides is 1. The van der Waals surface area contributed by atoms with Crippen LogP contribution < -0.4 is 14.8 Å². The van der Waals surface area contributed by atoms with Gasteiger partial charge in [-0.1, -0.05) is 15.9 Å². The molecule has 8 heteroatoms. The van der Waals surface area contributed by atoms with Crippen LogP contribution in [0.2, 0.25) is 0 Å². The first kappa shape index (κ1) is 20.3. The Morgan fingerprint density at radius 2 is 1.58 bits per heavy atom. The van der Waals surface area contributed by atoms with Gasteiger partial charge in [-0.25, -0.2) is 8.42 Å². The van der Waals surface area contributed by atoms with E-state index in [0.717, 1.165) is 4.47 Å². The molecule has 0 spiro atoms. The first-order valence-corrected chi connectivity index (χ1v) is 10.3. The van der Waals surface area contributed by atoms with Gasteiger partial charge in [-0.15, -0.1) is 0 Å². The fourth-order valence-electron chi connectivity index (χ4n) is 2.09. The van der Waals surface area contributed by atoms with Crippen LogP contribution in [0.5, 0.6) is 5.75 Å². The van der Waals surface area contributed by atoms with Crippen LogP contribution in [0.15, 0.2) is 57.9 Å². The van der Waals surface area contributed by atoms with E-state index in [1.54, 1.807) is 31.2 Å². The number of sulfonamides is 1. The molecule has 140 valence electrons. The molecule has 0 saturated heterocycles. The molecular weight excluding hydrogens is 420 g/mol. The Labute approximate surface area is 162 Å². The van der Waals surface area contributed by atoms with Crippen molar-refractivity contribution >= 4 is 37.5 Å². The maximum absolute atomic E-state index is 12.4. The van der Waals surface area contributed by atoms with Crippen molar-refractivity contribution in [3.8, 4) is 5.75 Å². The molecule has 0 aliphatic rings. The normalized spacial score (nSPS) is 12.5. The first-order valence-electron chi connectivity index (χ1n) is 8.03. The summed E-state index contributed by atoms with van der Waals surface area (Å²) in [5, 5.41) is 2.76. The monoisotopic (exact) mass is 440 g/mol. The zero-order valence-corrected chi connectivity index (χ0v) is 17.1. The molecule has 1 atom stereocenters. The molecule has 0 unspecified atom stereocenters. The molecule has 1 amide bonds. The molecule has 26 heavy (non-hydrogen) atoms. The van der Waals surface area contributed by atoms with E-state index >= 15 is 0 Å². The Bertz CT molecular complexity index is 850. The number of halogens is 1. The lowest BCUT2D eigenvalue weighted by Crippen LogP contribution is -2.40. The second kappa shape index (κ2) is 8.55. The van der Waals surface area contributed by atoms with Gasteiger partial charge in [0.1, 0.15) is 5.75 Å². The molecule has 0 bridgehead atoms. The second-order valence-corrected chi connectivity index (χ2v) is 8.61. The summed E-state index contributed by atoms with van der Waals surface area (Å²) in [5.41, 5.74) is 0.465. The van der Waals surface area contributed by atoms with Gasteiger partial charge in [0.15, 0.2) is 6.10 Å². The van der Waals surface area contributed by atoms with Gasteiger partial charge < -0.3 is 10.1 Å². The van der Waals surface area contributed by atoms with Crippen molar-refractivity contribution in [1.29, 1.82) is 0 Å². The lowest BCUT2D eigenvalue weighted by molar-refractivity contribution is -0.127. The largest absolute Gasteiger partial charge is 0.481 e. The Hall–Kier alpha value is -2.06. The average Bonchev–Trinajstić information content (AvgIpc) is 2.56. The van der Waals surface area contributed by atoms with E-state index in [4.69, 9.17) is 4.74 Å². The fraction of sp³-hybridized carbons (Fsp3) is 0.278. The maximum atomic E-state index is 12.4. The first-order chi connectivity index (χ1) is 12.2. The van der Waals surface area contributed by atoms with Crippen molar-refractivity contribution in [2.45, 2.75) is 37.8 Å². The third kappa shape index (κ3) is 5.74. The minimum absolute atomic E-state index is 0.0192. The second-order valence-electron chi connectivity index (χ2n) is 6.01. The molecule has 6 nitrogen and oxygen atoms in total. The van der Waals surface area contributed by atoms with Gasteiger partial charge in [0.05, 0.1) is 4.90 Å². The summed E-state index contributed by atoms with van der Waals surface area (Å²) in [6.45, 7) is 5.36. The van der Waals surface area contributed by atoms with E-state index in [-0.39, 0.29) is 16.8 Å². The zero-order valence-electron chi connectivity index (χ0n) is 14.7. The molecular formula is C18H21BrN2O4S. The summed E-state index contributed by atoms with van der Waals surface area (Å²) in [7, 11) is -3.70. The van der Waals surface area contributed by atoms with Crippen LogP contribution in [0.3, 0.4) is 0 Å². The van der Waals surface area contributed by atoms with Crippen LogP contribution in [0, 0.1) is 0 Å². The molecule has 0 heterocycles. The summed E-state index contributed by atoms with van der Waals surface area (Å²) in [6.07, 6.45) is -0.680. The summed E-state index contributed by atoms with van der Waals surface area (Å²) >= 11 is 3.30. The van der Waals surface area contributed by atoms with Crippen molar-refractivity contribution in [1.82, 2.24) is 5.32 Å². The lowest BCUT2D eigenvalue weighted by atomic mass is 10.3. The highest BCUT2D eigenvalue weighted by Gasteiger charge is 2.17. The lowest BCUT2D eigenvalue weighted by Gasteiger charge is -2.16. The van der Waals surface area contributed by atoms with Crippen LogP contribution in [0.25, 0.3) is 0 Å². The summed E-state index contributed by atoms with van der Waals surface area (Å²) in [6, 6.07) is 12.8. The van der Waals surface area contributed by atoms with Crippen LogP contribution in [-0.2, 0) is 14.8 Å². The third-order valence-electron chi connectivity index (χ3n) is 3.34. The number of hydrogen-bond acceptors (Lipinski definition) is 4. The minimum Gasteiger partial charge on any atom is -0.481 e. The molecule has 0 radical (unpaired) electrons. The van der Waals surface area contributed by atoms with Crippen molar-refractivity contribution in [3.63, 3.8) is 0 Å². The van der Waals surface area contributed by atoms with E-state index in [1.165, 1.54) is 24.3 Å². The minimum atomic E-state index is -3.70. The zero-order chi connectivity index (χ0) is 19.3. The third-order valence-corrected chi connectivity index (χ3v) is 5.27. The smallest absolute Gasteiger partial charge is 0.261 e. The molecule has 2 aromatic rings. The Balaban J connectivity index is 2.05. The van der Waals surface area contributed by atoms with Gasteiger partial charge in [0.2, 0.25) is 0 Å². The molecule has 2 rings (SSSR count). The van der Waals surface area contributed by atoms with Crippen molar-refractivity contribution in [2.75, 3.05) is 4.72 Å². The van der Waals surface area contributed by atoms with Gasteiger partial charge in [0, 0.05) is 16.2 Å². The number of nitrogens with one attached hydrogen (secondary N) is 2. The summed E-state index contributed by atoms with van der Waals surface area (Å²) in [5.74, 6) is 0.188. The highest BCUT2D eigenvalue weighted by atomic mass is 79.9. The molecule has 0 aromatic heterocycles. The molecule has 2 aromatic carbocycles. The molecule has 0 aliphatic heterocycles.